The molecule has 0 bridgehead atoms. The summed E-state index contributed by atoms with van der Waals surface area (Å²) in [6, 6.07) is 14.0. The van der Waals surface area contributed by atoms with Crippen molar-refractivity contribution in [2.45, 2.75) is 0 Å². The predicted octanol–water partition coefficient (Wildman–Crippen LogP) is 3.57. The van der Waals surface area contributed by atoms with E-state index < -0.39 is 17.7 Å². The zero-order valence-electron chi connectivity index (χ0n) is 12.8. The van der Waals surface area contributed by atoms with E-state index in [4.69, 9.17) is 4.42 Å². The highest BCUT2D eigenvalue weighted by Crippen LogP contribution is 2.32. The van der Waals surface area contributed by atoms with E-state index in [1.807, 2.05) is 0 Å². The molecule has 0 unspecified atom stereocenters. The van der Waals surface area contributed by atoms with Gasteiger partial charge in [0, 0.05) is 11.1 Å². The number of carboxylic acid groups (broad SMARTS) is 2. The number of carbonyl (C=O) groups excluding carboxylic acids is 1. The van der Waals surface area contributed by atoms with Gasteiger partial charge in [-0.15, -0.1) is 0 Å². The Kier molecular flexibility index (Phi) is 4.18. The van der Waals surface area contributed by atoms with Crippen LogP contribution in [-0.4, -0.2) is 27.9 Å². The van der Waals surface area contributed by atoms with Gasteiger partial charge in [0.05, 0.1) is 11.1 Å². The van der Waals surface area contributed by atoms with Gasteiger partial charge in [0.25, 0.3) is 0 Å². The number of carboxylic acids is 2. The van der Waals surface area contributed by atoms with Crippen molar-refractivity contribution in [2.75, 3.05) is 0 Å². The van der Waals surface area contributed by atoms with E-state index in [0.717, 1.165) is 6.26 Å². The Morgan fingerprint density at radius 3 is 2.04 bits per heavy atom. The van der Waals surface area contributed by atoms with Gasteiger partial charge in [0.1, 0.15) is 17.6 Å². The van der Waals surface area contributed by atoms with Crippen LogP contribution >= 0.6 is 0 Å². The molecule has 3 rings (SSSR count). The average molecular weight is 336 g/mol. The molecule has 1 heterocycles. The van der Waals surface area contributed by atoms with Gasteiger partial charge in [-0.2, -0.15) is 0 Å². The van der Waals surface area contributed by atoms with Crippen LogP contribution in [0, 0.1) is 0 Å². The molecule has 1 aromatic heterocycles. The molecule has 0 aliphatic rings. The van der Waals surface area contributed by atoms with Crippen molar-refractivity contribution in [1.82, 2.24) is 0 Å². The van der Waals surface area contributed by atoms with Crippen LogP contribution in [0.1, 0.15) is 36.6 Å². The van der Waals surface area contributed by atoms with Gasteiger partial charge in [0.2, 0.25) is 0 Å². The summed E-state index contributed by atoms with van der Waals surface area (Å²) in [5.41, 5.74) is -0.196. The van der Waals surface area contributed by atoms with Crippen LogP contribution in [0.15, 0.2) is 65.3 Å². The van der Waals surface area contributed by atoms with Gasteiger partial charge in [-0.1, -0.05) is 48.5 Å². The Balaban J connectivity index is 2.19. The topological polar surface area (TPSA) is 105 Å². The molecule has 124 valence electrons. The predicted molar refractivity (Wildman–Crippen MR) is 87.9 cm³/mol. The SMILES string of the molecule is O=C(O)c1ccccc1-c1occ(C(=O)c2ccccc2)c1C(=O)O. The normalized spacial score (nSPS) is 10.4. The van der Waals surface area contributed by atoms with Crippen molar-refractivity contribution in [3.8, 4) is 11.3 Å². The molecule has 0 saturated carbocycles. The van der Waals surface area contributed by atoms with Crippen LogP contribution in [-0.2, 0) is 0 Å². The molecular formula is C19H12O6. The molecule has 25 heavy (non-hydrogen) atoms. The zero-order chi connectivity index (χ0) is 18.0. The minimum Gasteiger partial charge on any atom is -0.478 e. The Labute approximate surface area is 142 Å². The Morgan fingerprint density at radius 2 is 1.40 bits per heavy atom. The first-order valence-corrected chi connectivity index (χ1v) is 7.28. The summed E-state index contributed by atoms with van der Waals surface area (Å²) in [5, 5.41) is 18.9. The van der Waals surface area contributed by atoms with Crippen LogP contribution in [0.25, 0.3) is 11.3 Å². The smallest absolute Gasteiger partial charge is 0.340 e. The van der Waals surface area contributed by atoms with Crippen molar-refractivity contribution in [1.29, 1.82) is 0 Å². The number of hydrogen-bond donors (Lipinski definition) is 2. The first kappa shape index (κ1) is 16.2. The number of rotatable bonds is 5. The summed E-state index contributed by atoms with van der Waals surface area (Å²) in [5.74, 6) is -3.27. The Morgan fingerprint density at radius 1 is 0.760 bits per heavy atom. The Hall–Kier alpha value is -3.67. The lowest BCUT2D eigenvalue weighted by Gasteiger charge is -2.05. The minimum atomic E-state index is -1.37. The summed E-state index contributed by atoms with van der Waals surface area (Å²) in [7, 11) is 0. The van der Waals surface area contributed by atoms with E-state index in [9.17, 15) is 24.6 Å². The summed E-state index contributed by atoms with van der Waals surface area (Å²) < 4.78 is 5.31. The van der Waals surface area contributed by atoms with Gasteiger partial charge >= 0.3 is 11.9 Å². The second-order valence-corrected chi connectivity index (χ2v) is 5.20. The van der Waals surface area contributed by atoms with Crippen LogP contribution in [0.4, 0.5) is 0 Å². The molecular weight excluding hydrogens is 324 g/mol. The molecule has 0 atom stereocenters. The maximum atomic E-state index is 12.6. The molecule has 0 spiro atoms. The van der Waals surface area contributed by atoms with Crippen LogP contribution in [0.5, 0.6) is 0 Å². The van der Waals surface area contributed by atoms with E-state index in [2.05, 4.69) is 0 Å². The standard InChI is InChI=1S/C19H12O6/c20-16(11-6-2-1-3-7-11)14-10-25-17(15(14)19(23)24)12-8-4-5-9-13(12)18(21)22/h1-10H,(H,21,22)(H,23,24). The molecule has 0 fully saturated rings. The fraction of sp³-hybridized carbons (Fsp3) is 0. The highest BCUT2D eigenvalue weighted by molar-refractivity contribution is 6.16. The summed E-state index contributed by atoms with van der Waals surface area (Å²) in [4.78, 5) is 35.7. The molecule has 0 amide bonds. The van der Waals surface area contributed by atoms with Crippen molar-refractivity contribution in [3.05, 3.63) is 83.1 Å². The molecule has 3 aromatic rings. The lowest BCUT2D eigenvalue weighted by molar-refractivity contribution is 0.0682. The van der Waals surface area contributed by atoms with Gasteiger partial charge < -0.3 is 14.6 Å². The fourth-order valence-corrected chi connectivity index (χ4v) is 2.55. The maximum Gasteiger partial charge on any atom is 0.340 e. The zero-order valence-corrected chi connectivity index (χ0v) is 12.8. The first-order valence-electron chi connectivity index (χ1n) is 7.28. The number of carbonyl (C=O) groups is 3. The molecule has 6 heteroatoms. The lowest BCUT2D eigenvalue weighted by Crippen LogP contribution is -2.09. The van der Waals surface area contributed by atoms with E-state index in [-0.39, 0.29) is 28.0 Å². The third-order valence-electron chi connectivity index (χ3n) is 3.69. The van der Waals surface area contributed by atoms with E-state index in [1.54, 1.807) is 36.4 Å². The average Bonchev–Trinajstić information content (AvgIpc) is 3.07. The maximum absolute atomic E-state index is 12.6. The molecule has 0 aliphatic heterocycles. The van der Waals surface area contributed by atoms with Gasteiger partial charge in [-0.05, 0) is 6.07 Å². The number of furan rings is 1. The largest absolute Gasteiger partial charge is 0.478 e. The summed E-state index contributed by atoms with van der Waals surface area (Å²) in [6.07, 6.45) is 1.05. The monoisotopic (exact) mass is 336 g/mol. The number of aromatic carboxylic acids is 2. The molecule has 0 aliphatic carbocycles. The van der Waals surface area contributed by atoms with Crippen molar-refractivity contribution >= 4 is 17.7 Å². The quantitative estimate of drug-likeness (QED) is 0.690. The number of benzene rings is 2. The number of hydrogen-bond acceptors (Lipinski definition) is 4. The van der Waals surface area contributed by atoms with Crippen LogP contribution in [0.2, 0.25) is 0 Å². The van der Waals surface area contributed by atoms with E-state index >= 15 is 0 Å². The molecule has 2 aromatic carbocycles. The molecule has 0 radical (unpaired) electrons. The number of ketones is 1. The second kappa shape index (κ2) is 6.45. The summed E-state index contributed by atoms with van der Waals surface area (Å²) in [6.45, 7) is 0. The third kappa shape index (κ3) is 2.92. The van der Waals surface area contributed by atoms with Crippen LogP contribution in [0.3, 0.4) is 0 Å². The first-order chi connectivity index (χ1) is 12.0. The lowest BCUT2D eigenvalue weighted by atomic mass is 9.97. The minimum absolute atomic E-state index is 0.0968. The molecule has 2 N–H and O–H groups in total. The van der Waals surface area contributed by atoms with Crippen molar-refractivity contribution in [3.63, 3.8) is 0 Å². The second-order valence-electron chi connectivity index (χ2n) is 5.20. The van der Waals surface area contributed by atoms with Crippen molar-refractivity contribution in [2.24, 2.45) is 0 Å². The molecule has 6 nitrogen and oxygen atoms in total. The van der Waals surface area contributed by atoms with Gasteiger partial charge in [0.15, 0.2) is 5.78 Å². The molecule has 0 saturated heterocycles. The summed E-state index contributed by atoms with van der Waals surface area (Å²) >= 11 is 0. The van der Waals surface area contributed by atoms with Gasteiger partial charge in [-0.3, -0.25) is 4.79 Å². The highest BCUT2D eigenvalue weighted by atomic mass is 16.4. The third-order valence-corrected chi connectivity index (χ3v) is 3.69. The Bertz CT molecular complexity index is 969. The van der Waals surface area contributed by atoms with Gasteiger partial charge in [-0.25, -0.2) is 9.59 Å². The fourth-order valence-electron chi connectivity index (χ4n) is 2.55. The van der Waals surface area contributed by atoms with Crippen molar-refractivity contribution < 1.29 is 29.0 Å². The van der Waals surface area contributed by atoms with E-state index in [1.165, 1.54) is 18.2 Å². The highest BCUT2D eigenvalue weighted by Gasteiger charge is 2.28. The van der Waals surface area contributed by atoms with E-state index in [0.29, 0.717) is 5.56 Å². The van der Waals surface area contributed by atoms with Crippen LogP contribution < -0.4 is 0 Å².